The van der Waals surface area contributed by atoms with Crippen LogP contribution in [0.1, 0.15) is 13.3 Å². The van der Waals surface area contributed by atoms with E-state index in [9.17, 15) is 0 Å². The van der Waals surface area contributed by atoms with Gasteiger partial charge in [-0.15, -0.1) is 13.2 Å². The van der Waals surface area contributed by atoms with Crippen LogP contribution in [-0.2, 0) is 4.43 Å². The van der Waals surface area contributed by atoms with Crippen LogP contribution < -0.4 is 5.19 Å². The van der Waals surface area contributed by atoms with Gasteiger partial charge in [0.15, 0.2) is 0 Å². The molecule has 1 nitrogen and oxygen atoms in total. The fourth-order valence-corrected chi connectivity index (χ4v) is 5.39. The summed E-state index contributed by atoms with van der Waals surface area (Å²) in [4.78, 5) is 0. The Morgan fingerprint density at radius 3 is 2.18 bits per heavy atom. The Hall–Kier alpha value is -1.12. The SMILES string of the molecule is C=CC[Si](CC=C)(OCCC)c1ccccc1. The van der Waals surface area contributed by atoms with Gasteiger partial charge in [0, 0.05) is 6.61 Å². The van der Waals surface area contributed by atoms with E-state index in [0.717, 1.165) is 25.1 Å². The van der Waals surface area contributed by atoms with E-state index in [1.807, 2.05) is 18.2 Å². The van der Waals surface area contributed by atoms with Crippen molar-refractivity contribution >= 4 is 13.5 Å². The highest BCUT2D eigenvalue weighted by atomic mass is 28.4. The standard InChI is InChI=1S/C15H22OSi/c1-4-12-16-17(13-5-2,14-6-3)15-10-8-7-9-11-15/h5-11H,2-4,12-14H2,1H3. The molecular weight excluding hydrogens is 224 g/mol. The molecule has 92 valence electrons. The summed E-state index contributed by atoms with van der Waals surface area (Å²) in [5.41, 5.74) is 0. The van der Waals surface area contributed by atoms with Crippen molar-refractivity contribution in [2.45, 2.75) is 25.4 Å². The van der Waals surface area contributed by atoms with Crippen molar-refractivity contribution in [3.63, 3.8) is 0 Å². The Morgan fingerprint density at radius 2 is 1.71 bits per heavy atom. The van der Waals surface area contributed by atoms with Crippen LogP contribution in [0.5, 0.6) is 0 Å². The lowest BCUT2D eigenvalue weighted by molar-refractivity contribution is 0.310. The molecule has 1 aromatic rings. The molecule has 0 aromatic heterocycles. The normalized spacial score (nSPS) is 11.1. The van der Waals surface area contributed by atoms with Crippen LogP contribution in [0.15, 0.2) is 55.6 Å². The summed E-state index contributed by atoms with van der Waals surface area (Å²) in [5.74, 6) is 0. The van der Waals surface area contributed by atoms with Gasteiger partial charge in [-0.1, -0.05) is 49.4 Å². The van der Waals surface area contributed by atoms with Gasteiger partial charge in [0.1, 0.15) is 0 Å². The molecule has 0 unspecified atom stereocenters. The van der Waals surface area contributed by atoms with Gasteiger partial charge >= 0.3 is 0 Å². The second kappa shape index (κ2) is 7.25. The third kappa shape index (κ3) is 3.68. The molecule has 1 rings (SSSR count). The molecule has 0 radical (unpaired) electrons. The molecule has 0 amide bonds. The van der Waals surface area contributed by atoms with Crippen molar-refractivity contribution in [1.82, 2.24) is 0 Å². The maximum atomic E-state index is 6.24. The number of hydrogen-bond donors (Lipinski definition) is 0. The predicted octanol–water partition coefficient (Wildman–Crippen LogP) is 3.64. The van der Waals surface area contributed by atoms with E-state index in [0.29, 0.717) is 0 Å². The second-order valence-corrected chi connectivity index (χ2v) is 7.87. The summed E-state index contributed by atoms with van der Waals surface area (Å²) in [6.45, 7) is 10.7. The minimum Gasteiger partial charge on any atom is -0.412 e. The Balaban J connectivity index is 3.03. The van der Waals surface area contributed by atoms with Crippen LogP contribution >= 0.6 is 0 Å². The van der Waals surface area contributed by atoms with Crippen molar-refractivity contribution in [3.05, 3.63) is 55.6 Å². The molecule has 0 spiro atoms. The van der Waals surface area contributed by atoms with Gasteiger partial charge in [-0.05, 0) is 23.7 Å². The van der Waals surface area contributed by atoms with E-state index in [-0.39, 0.29) is 0 Å². The first-order valence-corrected chi connectivity index (χ1v) is 8.52. The zero-order valence-electron chi connectivity index (χ0n) is 10.7. The third-order valence-electron chi connectivity index (χ3n) is 2.83. The first-order chi connectivity index (χ1) is 8.29. The molecule has 2 heteroatoms. The lowest BCUT2D eigenvalue weighted by Crippen LogP contribution is -2.50. The van der Waals surface area contributed by atoms with Gasteiger partial charge in [-0.2, -0.15) is 0 Å². The topological polar surface area (TPSA) is 9.23 Å². The molecule has 0 N–H and O–H groups in total. The number of rotatable bonds is 8. The van der Waals surface area contributed by atoms with Crippen molar-refractivity contribution in [3.8, 4) is 0 Å². The Bertz CT molecular complexity index is 335. The van der Waals surface area contributed by atoms with Crippen molar-refractivity contribution in [2.24, 2.45) is 0 Å². The first-order valence-electron chi connectivity index (χ1n) is 6.20. The van der Waals surface area contributed by atoms with Gasteiger partial charge in [-0.3, -0.25) is 0 Å². The average Bonchev–Trinajstić information content (AvgIpc) is 2.37. The van der Waals surface area contributed by atoms with E-state index in [1.165, 1.54) is 5.19 Å². The fourth-order valence-electron chi connectivity index (χ4n) is 2.03. The zero-order valence-corrected chi connectivity index (χ0v) is 11.7. The van der Waals surface area contributed by atoms with E-state index in [1.54, 1.807) is 0 Å². The maximum Gasteiger partial charge on any atom is 0.231 e. The fraction of sp³-hybridized carbons (Fsp3) is 0.333. The number of benzene rings is 1. The van der Waals surface area contributed by atoms with E-state index in [4.69, 9.17) is 4.43 Å². The van der Waals surface area contributed by atoms with Crippen LogP contribution in [0, 0.1) is 0 Å². The number of allylic oxidation sites excluding steroid dienone is 2. The summed E-state index contributed by atoms with van der Waals surface area (Å²) in [6.07, 6.45) is 5.02. The van der Waals surface area contributed by atoms with Crippen molar-refractivity contribution in [2.75, 3.05) is 6.61 Å². The molecule has 0 aliphatic rings. The highest BCUT2D eigenvalue weighted by molar-refractivity contribution is 6.87. The van der Waals surface area contributed by atoms with Crippen LogP contribution in [0.2, 0.25) is 12.1 Å². The molecule has 0 atom stereocenters. The maximum absolute atomic E-state index is 6.24. The minimum absolute atomic E-state index is 0.822. The Morgan fingerprint density at radius 1 is 1.12 bits per heavy atom. The lowest BCUT2D eigenvalue weighted by atomic mass is 10.4. The third-order valence-corrected chi connectivity index (χ3v) is 6.87. The van der Waals surface area contributed by atoms with E-state index in [2.05, 4.69) is 44.3 Å². The molecule has 0 saturated carbocycles. The van der Waals surface area contributed by atoms with Crippen LogP contribution in [-0.4, -0.2) is 14.9 Å². The lowest BCUT2D eigenvalue weighted by Gasteiger charge is -2.30. The van der Waals surface area contributed by atoms with Crippen molar-refractivity contribution < 1.29 is 4.43 Å². The quantitative estimate of drug-likeness (QED) is 0.503. The molecule has 17 heavy (non-hydrogen) atoms. The summed E-state index contributed by atoms with van der Waals surface area (Å²) >= 11 is 0. The van der Waals surface area contributed by atoms with Gasteiger partial charge in [0.2, 0.25) is 8.32 Å². The van der Waals surface area contributed by atoms with Crippen LogP contribution in [0.3, 0.4) is 0 Å². The molecule has 0 aliphatic carbocycles. The molecule has 0 fully saturated rings. The van der Waals surface area contributed by atoms with Gasteiger partial charge in [-0.25, -0.2) is 0 Å². The Kier molecular flexibility index (Phi) is 5.95. The monoisotopic (exact) mass is 246 g/mol. The summed E-state index contributed by atoms with van der Waals surface area (Å²) in [5, 5.41) is 1.34. The first kappa shape index (κ1) is 13.9. The number of hydrogen-bond acceptors (Lipinski definition) is 1. The van der Waals surface area contributed by atoms with Gasteiger partial charge in [0.25, 0.3) is 0 Å². The molecule has 0 heterocycles. The minimum atomic E-state index is -1.93. The van der Waals surface area contributed by atoms with Crippen LogP contribution in [0.25, 0.3) is 0 Å². The van der Waals surface area contributed by atoms with E-state index >= 15 is 0 Å². The second-order valence-electron chi connectivity index (χ2n) is 4.19. The highest BCUT2D eigenvalue weighted by Crippen LogP contribution is 2.19. The summed E-state index contributed by atoms with van der Waals surface area (Å²) in [7, 11) is -1.93. The largest absolute Gasteiger partial charge is 0.412 e. The molecule has 0 bridgehead atoms. The molecular formula is C15H22OSi. The van der Waals surface area contributed by atoms with Crippen molar-refractivity contribution in [1.29, 1.82) is 0 Å². The summed E-state index contributed by atoms with van der Waals surface area (Å²) < 4.78 is 6.24. The molecule has 1 aromatic carbocycles. The Labute approximate surface area is 106 Å². The molecule has 0 aliphatic heterocycles. The zero-order chi connectivity index (χ0) is 12.6. The summed E-state index contributed by atoms with van der Waals surface area (Å²) in [6, 6.07) is 12.5. The average molecular weight is 246 g/mol. The highest BCUT2D eigenvalue weighted by Gasteiger charge is 2.34. The van der Waals surface area contributed by atoms with Gasteiger partial charge in [0.05, 0.1) is 0 Å². The van der Waals surface area contributed by atoms with Crippen LogP contribution in [0.4, 0.5) is 0 Å². The van der Waals surface area contributed by atoms with Gasteiger partial charge < -0.3 is 4.43 Å². The van der Waals surface area contributed by atoms with E-state index < -0.39 is 8.32 Å². The smallest absolute Gasteiger partial charge is 0.231 e. The molecule has 0 saturated heterocycles. The predicted molar refractivity (Wildman–Crippen MR) is 78.1 cm³/mol.